The molecule has 0 fully saturated rings. The Morgan fingerprint density at radius 1 is 0.326 bits per heavy atom. The summed E-state index contributed by atoms with van der Waals surface area (Å²) in [6, 6.07) is 0. The minimum atomic E-state index is -1.55. The maximum Gasteiger partial charge on any atom is 2.00 e. The van der Waals surface area contributed by atoms with Crippen LogP contribution in [0.25, 0.3) is 26.3 Å². The minimum absolute atomic E-state index is 0. The summed E-state index contributed by atoms with van der Waals surface area (Å²) in [6.07, 6.45) is 0. The van der Waals surface area contributed by atoms with Crippen molar-refractivity contribution >= 4 is 112 Å². The summed E-state index contributed by atoms with van der Waals surface area (Å²) in [5.74, 6) is 0. The van der Waals surface area contributed by atoms with Gasteiger partial charge in [0.2, 0.25) is 0 Å². The molecular weight excluding hydrogens is 884 g/mol. The van der Waals surface area contributed by atoms with Crippen molar-refractivity contribution < 1.29 is 45.0 Å². The monoisotopic (exact) mass is 952 g/mol. The fourth-order valence-corrected chi connectivity index (χ4v) is 25.3. The van der Waals surface area contributed by atoms with Crippen LogP contribution in [-0.4, -0.2) is 71.9 Å². The minimum Gasteiger partial charge on any atom is -0.579 e. The Hall–Kier alpha value is 3.74. The third-order valence-corrected chi connectivity index (χ3v) is 32.3. The first-order valence-corrected chi connectivity index (χ1v) is 46.8. The van der Waals surface area contributed by atoms with E-state index in [1.165, 1.54) is 0 Å². The van der Waals surface area contributed by atoms with Crippen molar-refractivity contribution in [1.29, 1.82) is 0 Å². The molecule has 0 bridgehead atoms. The molecular formula is C24H72N8S4Si8Zn2. The topological polar surface area (TPSA) is 90.6 Å². The van der Waals surface area contributed by atoms with Gasteiger partial charge in [-0.3, -0.25) is 6.03 Å². The van der Waals surface area contributed by atoms with Gasteiger partial charge < -0.3 is 26.3 Å². The predicted molar refractivity (Wildman–Crippen MR) is 237 cm³/mol. The Bertz CT molecular complexity index is 860. The first-order valence-electron chi connectivity index (χ1n) is 15.6. The zero-order chi connectivity index (χ0) is 36.0. The second-order valence-electron chi connectivity index (χ2n) is 19.1. The summed E-state index contributed by atoms with van der Waals surface area (Å²) in [5.41, 5.74) is 0. The van der Waals surface area contributed by atoms with Gasteiger partial charge in [0.25, 0.3) is 0 Å². The normalized spacial score (nSPS) is 14.0. The number of hydrogen-bond acceptors (Lipinski definition) is 2. The van der Waals surface area contributed by atoms with Crippen LogP contribution in [0.2, 0.25) is 157 Å². The standard InChI is InChI=1S/2C12H36N4S2Si4.2Zn/c2*1-19(2,3)13-17-16(22(10,11)12)18(14-20(4,5)6)15-21(7,8)9;;/h2*1-12H3;;/q2*-2;2*+2. The molecule has 0 saturated carbocycles. The third-order valence-electron chi connectivity index (χ3n) is 3.59. The van der Waals surface area contributed by atoms with E-state index in [2.05, 4.69) is 163 Å². The predicted octanol–water partition coefficient (Wildman–Crippen LogP) is 13.3. The summed E-state index contributed by atoms with van der Waals surface area (Å²) in [4.78, 5) is 0. The van der Waals surface area contributed by atoms with Crippen LogP contribution < -0.4 is 0 Å². The van der Waals surface area contributed by atoms with Crippen LogP contribution in [0.4, 0.5) is 0 Å². The molecule has 0 aliphatic heterocycles. The quantitative estimate of drug-likeness (QED) is 0.114. The van der Waals surface area contributed by atoms with Gasteiger partial charge in [0.15, 0.2) is 0 Å². The fourth-order valence-electron chi connectivity index (χ4n) is 2.28. The van der Waals surface area contributed by atoms with Gasteiger partial charge >= 0.3 is 55.4 Å². The van der Waals surface area contributed by atoms with Crippen LogP contribution in [0, 0.1) is 0 Å². The van der Waals surface area contributed by atoms with E-state index in [1.54, 1.807) is 24.3 Å². The van der Waals surface area contributed by atoms with Crippen molar-refractivity contribution in [3.8, 4) is 0 Å². The van der Waals surface area contributed by atoms with E-state index in [-0.39, 0.29) is 61.1 Å². The molecule has 0 aliphatic rings. The molecule has 0 radical (unpaired) electrons. The first-order chi connectivity index (χ1) is 18.8. The number of nitrogens with zero attached hydrogens (tertiary/aromatic N) is 8. The molecule has 46 heavy (non-hydrogen) atoms. The summed E-state index contributed by atoms with van der Waals surface area (Å²) < 4.78 is 35.6. The fraction of sp³-hybridized carbons (Fsp3) is 1.00. The molecule has 0 unspecified atom stereocenters. The van der Waals surface area contributed by atoms with Crippen LogP contribution in [0.1, 0.15) is 0 Å². The number of hydrogen-bond donors (Lipinski definition) is 0. The van der Waals surface area contributed by atoms with Crippen LogP contribution in [-0.2, 0) is 61.1 Å². The Morgan fingerprint density at radius 3 is 0.609 bits per heavy atom. The van der Waals surface area contributed by atoms with Gasteiger partial charge in [0.1, 0.15) is 0 Å². The van der Waals surface area contributed by atoms with Crippen molar-refractivity contribution in [1.82, 2.24) is 0 Å². The average Bonchev–Trinajstić information content (AvgIpc) is 2.58. The van der Waals surface area contributed by atoms with E-state index in [9.17, 15) is 0 Å². The number of rotatable bonds is 16. The Kier molecular flexibility index (Phi) is 26.5. The maximum absolute atomic E-state index is 5.19. The van der Waals surface area contributed by atoms with Crippen LogP contribution >= 0.6 is 24.3 Å². The molecule has 0 aromatic heterocycles. The van der Waals surface area contributed by atoms with Crippen molar-refractivity contribution in [2.75, 3.05) is 0 Å². The van der Waals surface area contributed by atoms with E-state index in [0.717, 1.165) is 0 Å². The second kappa shape index (κ2) is 21.6. The maximum atomic E-state index is 5.19. The second-order valence-corrected chi connectivity index (χ2v) is 63.6. The van der Waals surface area contributed by atoms with Crippen LogP contribution in [0.15, 0.2) is 0 Å². The molecule has 0 spiro atoms. The van der Waals surface area contributed by atoms with Gasteiger partial charge in [-0.1, -0.05) is 167 Å². The summed E-state index contributed by atoms with van der Waals surface area (Å²) in [6.45, 7) is 55.6. The van der Waals surface area contributed by atoms with E-state index >= 15 is 0 Å². The molecule has 22 heteroatoms. The average molecular weight is 957 g/mol. The summed E-state index contributed by atoms with van der Waals surface area (Å²) in [7, 11) is -12.1. The van der Waals surface area contributed by atoms with Crippen molar-refractivity contribution in [2.45, 2.75) is 157 Å². The van der Waals surface area contributed by atoms with Gasteiger partial charge in [0.05, 0.1) is 0 Å². The summed E-state index contributed by atoms with van der Waals surface area (Å²) >= 11 is 2.66. The zero-order valence-electron chi connectivity index (χ0n) is 34.6. The first kappa shape index (κ1) is 56.5. The van der Waals surface area contributed by atoms with Gasteiger partial charge in [-0.2, -0.15) is 22.1 Å². The third kappa shape index (κ3) is 33.6. The van der Waals surface area contributed by atoms with Gasteiger partial charge in [-0.05, 0) is 39.3 Å². The van der Waals surface area contributed by atoms with E-state index in [4.69, 9.17) is 26.3 Å². The molecule has 8 nitrogen and oxygen atoms in total. The molecule has 0 atom stereocenters. The summed E-state index contributed by atoms with van der Waals surface area (Å²) in [5, 5.41) is 0. The molecule has 0 N–H and O–H groups in total. The molecule has 0 aliphatic carbocycles. The smallest absolute Gasteiger partial charge is 0.579 e. The van der Waals surface area contributed by atoms with Crippen molar-refractivity contribution in [2.24, 2.45) is 0 Å². The van der Waals surface area contributed by atoms with Crippen molar-refractivity contribution in [3.05, 3.63) is 26.3 Å². The molecule has 0 aromatic rings. The molecule has 0 saturated heterocycles. The molecule has 0 aromatic carbocycles. The van der Waals surface area contributed by atoms with E-state index < -0.39 is 65.9 Å². The van der Waals surface area contributed by atoms with Gasteiger partial charge in [0, 0.05) is 24.3 Å². The Balaban J connectivity index is -0.000000367. The molecule has 0 rings (SSSR count). The Morgan fingerprint density at radius 2 is 0.500 bits per heavy atom. The molecule has 0 heterocycles. The van der Waals surface area contributed by atoms with Crippen LogP contribution in [0.5, 0.6) is 0 Å². The Labute approximate surface area is 337 Å². The van der Waals surface area contributed by atoms with Crippen LogP contribution in [0.3, 0.4) is 0 Å². The SMILES string of the molecule is C[Si](C)(C)[N-]S[N+](=S([N-][Si](C)(C)C)[N-][Si](C)(C)C)[Si](C)(C)C.C[Si](C)(C)[N-]S[N+](=S([N-][Si](C)(C)C)[N-][Si](C)(C)C)[Si](C)(C)C.[Zn+2].[Zn+2]. The van der Waals surface area contributed by atoms with Crippen molar-refractivity contribution in [3.63, 3.8) is 0 Å². The molecule has 0 amide bonds. The van der Waals surface area contributed by atoms with Gasteiger partial charge in [-0.25, -0.2) is 0 Å². The van der Waals surface area contributed by atoms with Gasteiger partial charge in [-0.15, -0.1) is 0 Å². The van der Waals surface area contributed by atoms with E-state index in [1.807, 2.05) is 0 Å². The largest absolute Gasteiger partial charge is 2.00 e. The zero-order valence-corrected chi connectivity index (χ0v) is 51.8. The van der Waals surface area contributed by atoms with E-state index in [0.29, 0.717) is 0 Å². The molecule has 268 valence electrons.